The highest BCUT2D eigenvalue weighted by Gasteiger charge is 2.13. The number of aromatic nitrogens is 1. The Morgan fingerprint density at radius 1 is 1.29 bits per heavy atom. The van der Waals surface area contributed by atoms with Gasteiger partial charge in [-0.25, -0.2) is 4.99 Å². The van der Waals surface area contributed by atoms with Crippen molar-refractivity contribution in [1.29, 1.82) is 5.26 Å². The predicted octanol–water partition coefficient (Wildman–Crippen LogP) is 5.44. The van der Waals surface area contributed by atoms with Crippen LogP contribution < -0.4 is 0 Å². The quantitative estimate of drug-likeness (QED) is 0.463. The minimum Gasteiger partial charge on any atom is -0.340 e. The summed E-state index contributed by atoms with van der Waals surface area (Å²) in [4.78, 5) is 5.79. The highest BCUT2D eigenvalue weighted by molar-refractivity contribution is 7.16. The van der Waals surface area contributed by atoms with Gasteiger partial charge in [-0.1, -0.05) is 24.3 Å². The van der Waals surface area contributed by atoms with E-state index in [1.807, 2.05) is 38.3 Å². The van der Waals surface area contributed by atoms with Crippen LogP contribution in [0.25, 0.3) is 10.9 Å². The number of para-hydroxylation sites is 1. The molecule has 24 heavy (non-hydrogen) atoms. The van der Waals surface area contributed by atoms with E-state index in [4.69, 9.17) is 0 Å². The second kappa shape index (κ2) is 6.46. The lowest BCUT2D eigenvalue weighted by Gasteiger charge is -2.03. The molecule has 0 bridgehead atoms. The molecular weight excluding hydrogens is 314 g/mol. The number of hydrogen-bond donors (Lipinski definition) is 0. The highest BCUT2D eigenvalue weighted by atomic mass is 32.1. The largest absolute Gasteiger partial charge is 0.340 e. The number of aliphatic imine (C=N–C) groups is 1. The number of aryl methyl sites for hydroxylation is 1. The maximum atomic E-state index is 9.38. The smallest absolute Gasteiger partial charge is 0.134 e. The molecule has 120 valence electrons. The summed E-state index contributed by atoms with van der Waals surface area (Å²) in [6, 6.07) is 10.6. The van der Waals surface area contributed by atoms with E-state index in [1.165, 1.54) is 10.9 Å². The average molecular weight is 333 g/mol. The Bertz CT molecular complexity index is 996. The lowest BCUT2D eigenvalue weighted by molar-refractivity contribution is 0.828. The van der Waals surface area contributed by atoms with E-state index in [9.17, 15) is 5.26 Å². The summed E-state index contributed by atoms with van der Waals surface area (Å²) in [5, 5.41) is 11.3. The van der Waals surface area contributed by atoms with E-state index in [0.29, 0.717) is 5.56 Å². The normalized spacial score (nSPS) is 11.2. The molecule has 3 aromatic rings. The molecule has 0 radical (unpaired) electrons. The summed E-state index contributed by atoms with van der Waals surface area (Å²) >= 11 is 1.57. The number of benzene rings is 1. The molecule has 0 aliphatic carbocycles. The van der Waals surface area contributed by atoms with Crippen LogP contribution in [0.2, 0.25) is 0 Å². The summed E-state index contributed by atoms with van der Waals surface area (Å²) in [5.74, 6) is 0. The van der Waals surface area contributed by atoms with Gasteiger partial charge in [0.15, 0.2) is 0 Å². The molecule has 0 aliphatic rings. The summed E-state index contributed by atoms with van der Waals surface area (Å²) in [5.41, 5.74) is 5.14. The summed E-state index contributed by atoms with van der Waals surface area (Å²) in [7, 11) is 0. The molecule has 0 saturated heterocycles. The first-order chi connectivity index (χ1) is 11.6. The zero-order valence-corrected chi connectivity index (χ0v) is 14.9. The molecule has 0 fully saturated rings. The Balaban J connectivity index is 2.14. The van der Waals surface area contributed by atoms with E-state index in [1.54, 1.807) is 11.3 Å². The molecule has 0 amide bonds. The van der Waals surface area contributed by atoms with Crippen LogP contribution >= 0.6 is 11.3 Å². The fourth-order valence-electron chi connectivity index (χ4n) is 2.94. The number of nitriles is 1. The highest BCUT2D eigenvalue weighted by Crippen LogP contribution is 2.34. The van der Waals surface area contributed by atoms with E-state index in [2.05, 4.69) is 41.3 Å². The first kappa shape index (κ1) is 16.2. The molecule has 0 spiro atoms. The Morgan fingerprint density at radius 2 is 2.04 bits per heavy atom. The van der Waals surface area contributed by atoms with Crippen molar-refractivity contribution in [3.05, 3.63) is 64.2 Å². The third kappa shape index (κ3) is 2.57. The monoisotopic (exact) mass is 333 g/mol. The third-order valence-corrected chi connectivity index (χ3v) is 5.50. The predicted molar refractivity (Wildman–Crippen MR) is 103 cm³/mol. The second-order valence-corrected chi connectivity index (χ2v) is 6.95. The van der Waals surface area contributed by atoms with E-state index in [0.717, 1.165) is 33.2 Å². The molecule has 4 heteroatoms. The van der Waals surface area contributed by atoms with Crippen LogP contribution in [-0.2, 0) is 6.54 Å². The van der Waals surface area contributed by atoms with Crippen molar-refractivity contribution in [3.63, 3.8) is 0 Å². The number of rotatable bonds is 4. The second-order valence-electron chi connectivity index (χ2n) is 5.75. The topological polar surface area (TPSA) is 41.1 Å². The molecule has 3 rings (SSSR count). The molecular formula is C20H19N3S. The molecule has 0 atom stereocenters. The van der Waals surface area contributed by atoms with Gasteiger partial charge in [0.2, 0.25) is 0 Å². The first-order valence-electron chi connectivity index (χ1n) is 7.81. The molecule has 2 heterocycles. The van der Waals surface area contributed by atoms with Crippen LogP contribution in [0.15, 0.2) is 41.9 Å². The van der Waals surface area contributed by atoms with Crippen LogP contribution in [0, 0.1) is 32.1 Å². The van der Waals surface area contributed by atoms with Crippen LogP contribution in [-0.4, -0.2) is 10.8 Å². The number of nitrogens with zero attached hydrogens (tertiary/aromatic N) is 3. The van der Waals surface area contributed by atoms with E-state index < -0.39 is 0 Å². The van der Waals surface area contributed by atoms with Gasteiger partial charge in [-0.05, 0) is 32.4 Å². The van der Waals surface area contributed by atoms with E-state index in [-0.39, 0.29) is 0 Å². The first-order valence-corrected chi connectivity index (χ1v) is 8.63. The van der Waals surface area contributed by atoms with Crippen molar-refractivity contribution in [2.24, 2.45) is 4.99 Å². The Morgan fingerprint density at radius 3 is 2.75 bits per heavy atom. The van der Waals surface area contributed by atoms with Crippen molar-refractivity contribution >= 4 is 33.5 Å². The molecule has 0 N–H and O–H groups in total. The number of thiophene rings is 1. The minimum atomic E-state index is 0.682. The molecule has 0 aliphatic heterocycles. The summed E-state index contributed by atoms with van der Waals surface area (Å²) in [6.45, 7) is 10.7. The molecule has 2 aromatic heterocycles. The van der Waals surface area contributed by atoms with Gasteiger partial charge < -0.3 is 4.57 Å². The van der Waals surface area contributed by atoms with Crippen molar-refractivity contribution < 1.29 is 0 Å². The summed E-state index contributed by atoms with van der Waals surface area (Å²) < 4.78 is 2.24. The van der Waals surface area contributed by atoms with Gasteiger partial charge in [-0.2, -0.15) is 5.26 Å². The summed E-state index contributed by atoms with van der Waals surface area (Å²) in [6.07, 6.45) is 3.79. The average Bonchev–Trinajstić information content (AvgIpc) is 3.01. The number of fused-ring (bicyclic) bond motifs is 1. The molecule has 3 nitrogen and oxygen atoms in total. The van der Waals surface area contributed by atoms with Crippen LogP contribution in [0.1, 0.15) is 27.3 Å². The Hall–Kier alpha value is -2.64. The lowest BCUT2D eigenvalue weighted by atomic mass is 10.1. The fraction of sp³-hybridized carbons (Fsp3) is 0.200. The van der Waals surface area contributed by atoms with Crippen LogP contribution in [0.5, 0.6) is 0 Å². The van der Waals surface area contributed by atoms with Gasteiger partial charge >= 0.3 is 0 Å². The minimum absolute atomic E-state index is 0.682. The molecule has 0 saturated carbocycles. The maximum absolute atomic E-state index is 9.38. The van der Waals surface area contributed by atoms with Gasteiger partial charge in [0, 0.05) is 39.8 Å². The van der Waals surface area contributed by atoms with Crippen molar-refractivity contribution in [2.75, 3.05) is 0 Å². The zero-order valence-electron chi connectivity index (χ0n) is 14.1. The maximum Gasteiger partial charge on any atom is 0.134 e. The third-order valence-electron chi connectivity index (χ3n) is 4.38. The molecule has 0 unspecified atom stereocenters. The van der Waals surface area contributed by atoms with E-state index >= 15 is 0 Å². The fourth-order valence-corrected chi connectivity index (χ4v) is 3.89. The number of allylic oxidation sites excluding steroid dienone is 1. The van der Waals surface area contributed by atoms with Gasteiger partial charge in [-0.15, -0.1) is 17.9 Å². The standard InChI is InChI=1S/C20H19N3S/c1-5-10-23-14(3)18(16-8-6-7-9-19(16)23)12-22-20-17(11-21)13(2)15(4)24-20/h5-9,12H,1,10H2,2-4H3. The SMILES string of the molecule is C=CCn1c(C)c(C=Nc2sc(C)c(C)c2C#N)c2ccccc21. The Kier molecular flexibility index (Phi) is 4.37. The Labute approximate surface area is 146 Å². The van der Waals surface area contributed by atoms with Crippen molar-refractivity contribution in [2.45, 2.75) is 27.3 Å². The van der Waals surface area contributed by atoms with Crippen molar-refractivity contribution in [3.8, 4) is 6.07 Å². The van der Waals surface area contributed by atoms with Gasteiger partial charge in [0.25, 0.3) is 0 Å². The van der Waals surface area contributed by atoms with Crippen LogP contribution in [0.4, 0.5) is 5.00 Å². The lowest BCUT2D eigenvalue weighted by Crippen LogP contribution is -1.97. The van der Waals surface area contributed by atoms with Gasteiger partial charge in [0.05, 0.1) is 5.56 Å². The van der Waals surface area contributed by atoms with Crippen molar-refractivity contribution in [1.82, 2.24) is 4.57 Å². The zero-order chi connectivity index (χ0) is 17.3. The number of hydrogen-bond acceptors (Lipinski definition) is 3. The van der Waals surface area contributed by atoms with Gasteiger partial charge in [-0.3, -0.25) is 0 Å². The van der Waals surface area contributed by atoms with Gasteiger partial charge in [0.1, 0.15) is 11.1 Å². The molecule has 1 aromatic carbocycles. The van der Waals surface area contributed by atoms with Crippen LogP contribution in [0.3, 0.4) is 0 Å².